The number of carboxylic acids is 1. The molecule has 0 saturated carbocycles. The number of nitrogens with one attached hydrogen (secondary N) is 1. The van der Waals surface area contributed by atoms with Crippen LogP contribution < -0.4 is 14.8 Å². The van der Waals surface area contributed by atoms with Crippen LogP contribution in [0.5, 0.6) is 11.5 Å². The Morgan fingerprint density at radius 1 is 1.23 bits per heavy atom. The molecule has 0 unspecified atom stereocenters. The van der Waals surface area contributed by atoms with Crippen LogP contribution in [0.2, 0.25) is 0 Å². The summed E-state index contributed by atoms with van der Waals surface area (Å²) in [5.41, 5.74) is 0.760. The molecule has 0 spiro atoms. The van der Waals surface area contributed by atoms with Crippen molar-refractivity contribution < 1.29 is 24.2 Å². The molecule has 0 bridgehead atoms. The van der Waals surface area contributed by atoms with Crippen molar-refractivity contribution in [3.8, 4) is 11.5 Å². The van der Waals surface area contributed by atoms with Crippen molar-refractivity contribution in [1.82, 2.24) is 5.32 Å². The smallest absolute Gasteiger partial charge is 0.326 e. The van der Waals surface area contributed by atoms with E-state index in [0.717, 1.165) is 5.56 Å². The zero-order valence-electron chi connectivity index (χ0n) is 12.8. The van der Waals surface area contributed by atoms with Crippen LogP contribution in [0, 0.1) is 5.92 Å². The Morgan fingerprint density at radius 2 is 1.91 bits per heavy atom. The fourth-order valence-electron chi connectivity index (χ4n) is 2.32. The quantitative estimate of drug-likeness (QED) is 0.834. The number of benzene rings is 1. The van der Waals surface area contributed by atoms with E-state index in [4.69, 9.17) is 14.6 Å². The highest BCUT2D eigenvalue weighted by atomic mass is 16.6. The van der Waals surface area contributed by atoms with Crippen LogP contribution in [0.15, 0.2) is 18.2 Å². The van der Waals surface area contributed by atoms with Gasteiger partial charge in [0.05, 0.1) is 6.42 Å². The van der Waals surface area contributed by atoms with Crippen molar-refractivity contribution in [3.63, 3.8) is 0 Å². The van der Waals surface area contributed by atoms with Crippen LogP contribution in [-0.2, 0) is 16.0 Å². The van der Waals surface area contributed by atoms with Crippen molar-refractivity contribution in [2.45, 2.75) is 32.7 Å². The van der Waals surface area contributed by atoms with E-state index in [2.05, 4.69) is 5.32 Å². The fourth-order valence-corrected chi connectivity index (χ4v) is 2.32. The highest BCUT2D eigenvalue weighted by Gasteiger charge is 2.21. The average Bonchev–Trinajstić information content (AvgIpc) is 2.45. The molecular formula is C16H21NO5. The molecule has 0 fully saturated rings. The Morgan fingerprint density at radius 3 is 2.55 bits per heavy atom. The highest BCUT2D eigenvalue weighted by Crippen LogP contribution is 2.30. The lowest BCUT2D eigenvalue weighted by Gasteiger charge is -2.19. The summed E-state index contributed by atoms with van der Waals surface area (Å²) in [6.07, 6.45) is 0.515. The van der Waals surface area contributed by atoms with Crippen LogP contribution in [0.1, 0.15) is 25.8 Å². The SMILES string of the molecule is CC(C)C[C@H](NC(=O)Cc1ccc2c(c1)OCCO2)C(=O)O. The third-order valence-corrected chi connectivity index (χ3v) is 3.31. The second kappa shape index (κ2) is 7.15. The maximum atomic E-state index is 12.0. The lowest BCUT2D eigenvalue weighted by molar-refractivity contribution is -0.142. The minimum absolute atomic E-state index is 0.110. The molecule has 6 heteroatoms. The molecule has 120 valence electrons. The van der Waals surface area contributed by atoms with E-state index >= 15 is 0 Å². The summed E-state index contributed by atoms with van der Waals surface area (Å²) >= 11 is 0. The molecule has 1 atom stereocenters. The molecule has 1 aromatic carbocycles. The van der Waals surface area contributed by atoms with E-state index in [9.17, 15) is 9.59 Å². The maximum Gasteiger partial charge on any atom is 0.326 e. The standard InChI is InChI=1S/C16H21NO5/c1-10(2)7-12(16(19)20)17-15(18)9-11-3-4-13-14(8-11)22-6-5-21-13/h3-4,8,10,12H,5-7,9H2,1-2H3,(H,17,18)(H,19,20)/t12-/m0/s1. The summed E-state index contributed by atoms with van der Waals surface area (Å²) in [5, 5.41) is 11.7. The number of carboxylic acid groups (broad SMARTS) is 1. The van der Waals surface area contributed by atoms with Gasteiger partial charge >= 0.3 is 5.97 Å². The Balaban J connectivity index is 1.97. The zero-order chi connectivity index (χ0) is 16.1. The topological polar surface area (TPSA) is 84.9 Å². The van der Waals surface area contributed by atoms with Gasteiger partial charge in [0.1, 0.15) is 19.3 Å². The third kappa shape index (κ3) is 4.38. The normalized spacial score (nSPS) is 14.5. The van der Waals surface area contributed by atoms with E-state index in [0.29, 0.717) is 31.1 Å². The van der Waals surface area contributed by atoms with Gasteiger partial charge in [-0.15, -0.1) is 0 Å². The van der Waals surface area contributed by atoms with Crippen LogP contribution in [0.4, 0.5) is 0 Å². The van der Waals surface area contributed by atoms with Crippen molar-refractivity contribution >= 4 is 11.9 Å². The van der Waals surface area contributed by atoms with Crippen molar-refractivity contribution in [2.75, 3.05) is 13.2 Å². The van der Waals surface area contributed by atoms with Gasteiger partial charge in [-0.3, -0.25) is 4.79 Å². The summed E-state index contributed by atoms with van der Waals surface area (Å²) in [6.45, 7) is 4.84. The predicted molar refractivity (Wildman–Crippen MR) is 80.2 cm³/mol. The molecule has 0 aromatic heterocycles. The Hall–Kier alpha value is -2.24. The van der Waals surface area contributed by atoms with Gasteiger partial charge in [0.15, 0.2) is 11.5 Å². The molecule has 0 saturated heterocycles. The number of amides is 1. The molecule has 2 rings (SSSR count). The molecule has 1 amide bonds. The van der Waals surface area contributed by atoms with E-state index in [1.807, 2.05) is 13.8 Å². The zero-order valence-corrected chi connectivity index (χ0v) is 12.8. The molecule has 2 N–H and O–H groups in total. The first-order valence-electron chi connectivity index (χ1n) is 7.36. The van der Waals surface area contributed by atoms with Gasteiger partial charge < -0.3 is 19.9 Å². The molecule has 0 aliphatic carbocycles. The Labute approximate surface area is 129 Å². The number of hydrogen-bond donors (Lipinski definition) is 2. The van der Waals surface area contributed by atoms with Gasteiger partial charge in [0.2, 0.25) is 5.91 Å². The van der Waals surface area contributed by atoms with Crippen LogP contribution >= 0.6 is 0 Å². The molecule has 1 aromatic rings. The minimum Gasteiger partial charge on any atom is -0.486 e. The summed E-state index contributed by atoms with van der Waals surface area (Å²) < 4.78 is 10.9. The summed E-state index contributed by atoms with van der Waals surface area (Å²) in [5.74, 6) is 0.150. The second-order valence-electron chi connectivity index (χ2n) is 5.74. The monoisotopic (exact) mass is 307 g/mol. The lowest BCUT2D eigenvalue weighted by Crippen LogP contribution is -2.42. The summed E-state index contributed by atoms with van der Waals surface area (Å²) in [4.78, 5) is 23.2. The van der Waals surface area contributed by atoms with Gasteiger partial charge in [-0.2, -0.15) is 0 Å². The Bertz CT molecular complexity index is 555. The second-order valence-corrected chi connectivity index (χ2v) is 5.74. The summed E-state index contributed by atoms with van der Waals surface area (Å²) in [7, 11) is 0. The Kier molecular flexibility index (Phi) is 5.25. The first kappa shape index (κ1) is 16.1. The molecular weight excluding hydrogens is 286 g/mol. The number of carbonyl (C=O) groups is 2. The number of fused-ring (bicyclic) bond motifs is 1. The van der Waals surface area contributed by atoms with Crippen LogP contribution in [-0.4, -0.2) is 36.2 Å². The molecule has 6 nitrogen and oxygen atoms in total. The number of ether oxygens (including phenoxy) is 2. The largest absolute Gasteiger partial charge is 0.486 e. The van der Waals surface area contributed by atoms with E-state index in [1.165, 1.54) is 0 Å². The maximum absolute atomic E-state index is 12.0. The molecule has 1 aliphatic heterocycles. The van der Waals surface area contributed by atoms with Gasteiger partial charge in [-0.05, 0) is 30.0 Å². The van der Waals surface area contributed by atoms with Crippen LogP contribution in [0.25, 0.3) is 0 Å². The fraction of sp³-hybridized carbons (Fsp3) is 0.500. The van der Waals surface area contributed by atoms with E-state index in [1.54, 1.807) is 18.2 Å². The molecule has 1 heterocycles. The van der Waals surface area contributed by atoms with Crippen molar-refractivity contribution in [2.24, 2.45) is 5.92 Å². The van der Waals surface area contributed by atoms with Gasteiger partial charge in [-0.1, -0.05) is 19.9 Å². The summed E-state index contributed by atoms with van der Waals surface area (Å²) in [6, 6.07) is 4.45. The van der Waals surface area contributed by atoms with Crippen LogP contribution in [0.3, 0.4) is 0 Å². The van der Waals surface area contributed by atoms with E-state index < -0.39 is 12.0 Å². The van der Waals surface area contributed by atoms with Crippen molar-refractivity contribution in [3.05, 3.63) is 23.8 Å². The number of aliphatic carboxylic acids is 1. The first-order valence-corrected chi connectivity index (χ1v) is 7.36. The van der Waals surface area contributed by atoms with E-state index in [-0.39, 0.29) is 18.2 Å². The van der Waals surface area contributed by atoms with Gasteiger partial charge in [0, 0.05) is 0 Å². The van der Waals surface area contributed by atoms with Gasteiger partial charge in [0.25, 0.3) is 0 Å². The minimum atomic E-state index is -1.01. The molecule has 22 heavy (non-hydrogen) atoms. The lowest BCUT2D eigenvalue weighted by atomic mass is 10.0. The number of hydrogen-bond acceptors (Lipinski definition) is 4. The predicted octanol–water partition coefficient (Wildman–Crippen LogP) is 1.62. The number of carbonyl (C=O) groups excluding carboxylic acids is 1. The van der Waals surface area contributed by atoms with Crippen molar-refractivity contribution in [1.29, 1.82) is 0 Å². The third-order valence-electron chi connectivity index (χ3n) is 3.31. The number of rotatable bonds is 6. The average molecular weight is 307 g/mol. The van der Waals surface area contributed by atoms with Gasteiger partial charge in [-0.25, -0.2) is 4.79 Å². The first-order chi connectivity index (χ1) is 10.5. The molecule has 0 radical (unpaired) electrons. The highest BCUT2D eigenvalue weighted by molar-refractivity contribution is 5.85. The molecule has 1 aliphatic rings.